The molecule has 0 aliphatic carbocycles. The fourth-order valence-electron chi connectivity index (χ4n) is 2.43. The highest BCUT2D eigenvalue weighted by atomic mass is 16.5. The monoisotopic (exact) mass is 263 g/mol. The van der Waals surface area contributed by atoms with Crippen molar-refractivity contribution in [2.45, 2.75) is 59.6 Å². The van der Waals surface area contributed by atoms with Crippen molar-refractivity contribution in [2.24, 2.45) is 0 Å². The Morgan fingerprint density at radius 3 is 2.21 bits per heavy atom. The van der Waals surface area contributed by atoms with E-state index in [0.29, 0.717) is 0 Å². The van der Waals surface area contributed by atoms with Crippen molar-refractivity contribution in [3.8, 4) is 0 Å². The van der Waals surface area contributed by atoms with Gasteiger partial charge in [-0.05, 0) is 69.8 Å². The van der Waals surface area contributed by atoms with Gasteiger partial charge in [-0.3, -0.25) is 0 Å². The van der Waals surface area contributed by atoms with E-state index in [0.717, 1.165) is 13.0 Å². The molecule has 2 heteroatoms. The minimum atomic E-state index is -0.221. The molecule has 0 radical (unpaired) electrons. The molecule has 0 heterocycles. The van der Waals surface area contributed by atoms with Gasteiger partial charge in [0.15, 0.2) is 0 Å². The normalized spacial score (nSPS) is 13.6. The average Bonchev–Trinajstić information content (AvgIpc) is 2.35. The number of hydrogen-bond donors (Lipinski definition) is 1. The maximum Gasteiger partial charge on any atom is 0.0816 e. The quantitative estimate of drug-likeness (QED) is 0.835. The third-order valence-electron chi connectivity index (χ3n) is 4.01. The summed E-state index contributed by atoms with van der Waals surface area (Å²) in [6, 6.07) is 4.80. The molecule has 0 amide bonds. The fraction of sp³-hybridized carbons (Fsp3) is 0.647. The number of benzene rings is 1. The third-order valence-corrected chi connectivity index (χ3v) is 4.01. The average molecular weight is 263 g/mol. The fourth-order valence-corrected chi connectivity index (χ4v) is 2.43. The van der Waals surface area contributed by atoms with Gasteiger partial charge in [0.05, 0.1) is 11.6 Å². The first-order chi connectivity index (χ1) is 8.83. The van der Waals surface area contributed by atoms with E-state index >= 15 is 0 Å². The highest BCUT2D eigenvalue weighted by molar-refractivity contribution is 5.39. The van der Waals surface area contributed by atoms with Crippen LogP contribution in [-0.4, -0.2) is 19.3 Å². The summed E-state index contributed by atoms with van der Waals surface area (Å²) in [4.78, 5) is 0. The van der Waals surface area contributed by atoms with Crippen LogP contribution >= 0.6 is 0 Å². The molecular formula is C17H29NO. The van der Waals surface area contributed by atoms with Crippen LogP contribution in [0.15, 0.2) is 12.1 Å². The van der Waals surface area contributed by atoms with E-state index in [-0.39, 0.29) is 11.6 Å². The zero-order valence-corrected chi connectivity index (χ0v) is 13.6. The molecule has 1 rings (SSSR count). The van der Waals surface area contributed by atoms with Crippen LogP contribution in [0.4, 0.5) is 0 Å². The number of ether oxygens (including phenoxy) is 1. The molecular weight excluding hydrogens is 234 g/mol. The van der Waals surface area contributed by atoms with E-state index in [1.54, 1.807) is 7.11 Å². The highest BCUT2D eigenvalue weighted by Gasteiger charge is 2.31. The number of hydrogen-bond acceptors (Lipinski definition) is 2. The van der Waals surface area contributed by atoms with Crippen LogP contribution in [-0.2, 0) is 4.74 Å². The molecule has 1 atom stereocenters. The van der Waals surface area contributed by atoms with Crippen molar-refractivity contribution in [2.75, 3.05) is 13.7 Å². The van der Waals surface area contributed by atoms with Gasteiger partial charge in [-0.2, -0.15) is 0 Å². The zero-order valence-electron chi connectivity index (χ0n) is 13.6. The topological polar surface area (TPSA) is 21.3 Å². The standard InChI is InChI=1S/C17H29NO/c1-8-9-18-16(17(5,6)19-7)15-11-13(3)12(2)10-14(15)4/h10-11,16,18H,8-9H2,1-7H3. The molecule has 19 heavy (non-hydrogen) atoms. The predicted octanol–water partition coefficient (Wildman–Crippen LogP) is 4.08. The summed E-state index contributed by atoms with van der Waals surface area (Å²) in [6.45, 7) is 14.0. The van der Waals surface area contributed by atoms with Crippen LogP contribution in [0.5, 0.6) is 0 Å². The van der Waals surface area contributed by atoms with E-state index in [1.165, 1.54) is 22.3 Å². The highest BCUT2D eigenvalue weighted by Crippen LogP contribution is 2.32. The van der Waals surface area contributed by atoms with Crippen molar-refractivity contribution in [3.63, 3.8) is 0 Å². The SMILES string of the molecule is CCCNC(c1cc(C)c(C)cc1C)C(C)(C)OC. The van der Waals surface area contributed by atoms with Gasteiger partial charge in [0.25, 0.3) is 0 Å². The Balaban J connectivity index is 3.21. The van der Waals surface area contributed by atoms with Gasteiger partial charge in [0.1, 0.15) is 0 Å². The van der Waals surface area contributed by atoms with Gasteiger partial charge in [-0.1, -0.05) is 19.1 Å². The van der Waals surface area contributed by atoms with Crippen molar-refractivity contribution in [3.05, 3.63) is 34.4 Å². The largest absolute Gasteiger partial charge is 0.377 e. The molecule has 0 bridgehead atoms. The van der Waals surface area contributed by atoms with E-state index in [1.807, 2.05) is 0 Å². The molecule has 0 aliphatic heterocycles. The first-order valence-corrected chi connectivity index (χ1v) is 7.19. The number of nitrogens with one attached hydrogen (secondary N) is 1. The Morgan fingerprint density at radius 2 is 1.68 bits per heavy atom. The second kappa shape index (κ2) is 6.53. The van der Waals surface area contributed by atoms with Crippen LogP contribution in [0.1, 0.15) is 55.5 Å². The molecule has 1 aromatic rings. The Morgan fingerprint density at radius 1 is 1.11 bits per heavy atom. The van der Waals surface area contributed by atoms with E-state index in [4.69, 9.17) is 4.74 Å². The van der Waals surface area contributed by atoms with E-state index in [9.17, 15) is 0 Å². The summed E-state index contributed by atoms with van der Waals surface area (Å²) in [7, 11) is 1.79. The molecule has 0 aromatic heterocycles. The van der Waals surface area contributed by atoms with E-state index in [2.05, 4.69) is 59.0 Å². The Kier molecular flexibility index (Phi) is 5.57. The van der Waals surface area contributed by atoms with Crippen LogP contribution in [0.2, 0.25) is 0 Å². The Labute approximate surface area is 118 Å². The lowest BCUT2D eigenvalue weighted by atomic mass is 9.87. The minimum absolute atomic E-state index is 0.219. The maximum absolute atomic E-state index is 5.71. The molecule has 1 aromatic carbocycles. The van der Waals surface area contributed by atoms with Gasteiger partial charge in [-0.25, -0.2) is 0 Å². The Bertz CT molecular complexity index is 424. The third kappa shape index (κ3) is 3.80. The predicted molar refractivity (Wildman–Crippen MR) is 82.8 cm³/mol. The molecule has 2 nitrogen and oxygen atoms in total. The van der Waals surface area contributed by atoms with Crippen molar-refractivity contribution < 1.29 is 4.74 Å². The van der Waals surface area contributed by atoms with Gasteiger partial charge in [-0.15, -0.1) is 0 Å². The smallest absolute Gasteiger partial charge is 0.0816 e. The van der Waals surface area contributed by atoms with Crippen molar-refractivity contribution >= 4 is 0 Å². The van der Waals surface area contributed by atoms with Crippen LogP contribution in [0, 0.1) is 20.8 Å². The summed E-state index contributed by atoms with van der Waals surface area (Å²) in [5.41, 5.74) is 5.16. The molecule has 1 N–H and O–H groups in total. The van der Waals surface area contributed by atoms with Crippen LogP contribution < -0.4 is 5.32 Å². The summed E-state index contributed by atoms with van der Waals surface area (Å²) in [5, 5.41) is 3.64. The minimum Gasteiger partial charge on any atom is -0.377 e. The second-order valence-electron chi connectivity index (χ2n) is 5.99. The molecule has 0 saturated carbocycles. The lowest BCUT2D eigenvalue weighted by Gasteiger charge is -2.35. The van der Waals surface area contributed by atoms with Gasteiger partial charge < -0.3 is 10.1 Å². The Hall–Kier alpha value is -0.860. The second-order valence-corrected chi connectivity index (χ2v) is 5.99. The summed E-state index contributed by atoms with van der Waals surface area (Å²) < 4.78 is 5.71. The van der Waals surface area contributed by atoms with Gasteiger partial charge in [0.2, 0.25) is 0 Å². The molecule has 0 aliphatic rings. The lowest BCUT2D eigenvalue weighted by molar-refractivity contribution is -0.0112. The van der Waals surface area contributed by atoms with Gasteiger partial charge >= 0.3 is 0 Å². The summed E-state index contributed by atoms with van der Waals surface area (Å²) >= 11 is 0. The number of rotatable bonds is 6. The molecule has 1 unspecified atom stereocenters. The van der Waals surface area contributed by atoms with E-state index < -0.39 is 0 Å². The molecule has 0 fully saturated rings. The van der Waals surface area contributed by atoms with Crippen molar-refractivity contribution in [1.82, 2.24) is 5.32 Å². The summed E-state index contributed by atoms with van der Waals surface area (Å²) in [6.07, 6.45) is 1.13. The number of aryl methyl sites for hydroxylation is 3. The van der Waals surface area contributed by atoms with Crippen LogP contribution in [0.25, 0.3) is 0 Å². The molecule has 0 spiro atoms. The molecule has 108 valence electrons. The first-order valence-electron chi connectivity index (χ1n) is 7.19. The van der Waals surface area contributed by atoms with Gasteiger partial charge in [0, 0.05) is 7.11 Å². The number of methoxy groups -OCH3 is 1. The molecule has 0 saturated heterocycles. The van der Waals surface area contributed by atoms with Crippen molar-refractivity contribution in [1.29, 1.82) is 0 Å². The maximum atomic E-state index is 5.71. The first kappa shape index (κ1) is 16.2. The summed E-state index contributed by atoms with van der Waals surface area (Å²) in [5.74, 6) is 0. The zero-order chi connectivity index (χ0) is 14.6. The van der Waals surface area contributed by atoms with Crippen LogP contribution in [0.3, 0.4) is 0 Å². The lowest BCUT2D eigenvalue weighted by Crippen LogP contribution is -2.41.